The Bertz CT molecular complexity index is 720. The lowest BCUT2D eigenvalue weighted by Gasteiger charge is -2.36. The van der Waals surface area contributed by atoms with Gasteiger partial charge in [0.1, 0.15) is 11.5 Å². The van der Waals surface area contributed by atoms with Crippen LogP contribution in [-0.4, -0.2) is 50.8 Å². The van der Waals surface area contributed by atoms with Crippen molar-refractivity contribution in [3.8, 4) is 0 Å². The number of aromatic nitrogens is 2. The summed E-state index contributed by atoms with van der Waals surface area (Å²) in [5.41, 5.74) is 1.74. The van der Waals surface area contributed by atoms with Crippen molar-refractivity contribution in [2.75, 3.05) is 19.6 Å². The standard InChI is InChI=1S/C17H21FN4O/c18-13-3-4-16-19-14(12-21(16)10-13)11-20-8-5-15(6-9-20)22-7-1-2-17(22)23/h3-4,10,12,15H,1-2,5-9,11H2. The molecule has 4 heterocycles. The number of fused-ring (bicyclic) bond motifs is 1. The molecule has 0 saturated carbocycles. The lowest BCUT2D eigenvalue weighted by Crippen LogP contribution is -2.45. The second-order valence-corrected chi connectivity index (χ2v) is 6.54. The molecule has 0 aromatic carbocycles. The molecule has 0 unspecified atom stereocenters. The minimum absolute atomic E-state index is 0.252. The molecule has 2 aromatic heterocycles. The largest absolute Gasteiger partial charge is 0.340 e. The Balaban J connectivity index is 1.37. The van der Waals surface area contributed by atoms with E-state index in [0.717, 1.165) is 63.2 Å². The number of pyridine rings is 1. The van der Waals surface area contributed by atoms with Crippen LogP contribution in [0.1, 0.15) is 31.4 Å². The number of hydrogen-bond donors (Lipinski definition) is 0. The lowest BCUT2D eigenvalue weighted by atomic mass is 10.0. The number of likely N-dealkylation sites (tertiary alicyclic amines) is 2. The van der Waals surface area contributed by atoms with Crippen LogP contribution in [0.3, 0.4) is 0 Å². The molecule has 6 heteroatoms. The predicted octanol–water partition coefficient (Wildman–Crippen LogP) is 2.06. The fourth-order valence-electron chi connectivity index (χ4n) is 3.77. The van der Waals surface area contributed by atoms with Crippen LogP contribution in [0.4, 0.5) is 4.39 Å². The van der Waals surface area contributed by atoms with E-state index in [4.69, 9.17) is 0 Å². The van der Waals surface area contributed by atoms with Gasteiger partial charge in [0.25, 0.3) is 0 Å². The van der Waals surface area contributed by atoms with Crippen molar-refractivity contribution < 1.29 is 9.18 Å². The van der Waals surface area contributed by atoms with Crippen LogP contribution in [0.5, 0.6) is 0 Å². The van der Waals surface area contributed by atoms with Crippen molar-refractivity contribution >= 4 is 11.6 Å². The van der Waals surface area contributed by atoms with E-state index in [9.17, 15) is 9.18 Å². The molecular weight excluding hydrogens is 295 g/mol. The Kier molecular flexibility index (Phi) is 3.77. The summed E-state index contributed by atoms with van der Waals surface area (Å²) < 4.78 is 15.0. The number of carbonyl (C=O) groups is 1. The predicted molar refractivity (Wildman–Crippen MR) is 84.4 cm³/mol. The first-order valence-electron chi connectivity index (χ1n) is 8.34. The van der Waals surface area contributed by atoms with Crippen molar-refractivity contribution in [2.24, 2.45) is 0 Å². The Hall–Kier alpha value is -1.95. The number of imidazole rings is 1. The molecule has 122 valence electrons. The van der Waals surface area contributed by atoms with Crippen molar-refractivity contribution in [1.82, 2.24) is 19.2 Å². The number of halogens is 1. The highest BCUT2D eigenvalue weighted by Crippen LogP contribution is 2.23. The van der Waals surface area contributed by atoms with Crippen molar-refractivity contribution in [2.45, 2.75) is 38.3 Å². The van der Waals surface area contributed by atoms with Crippen LogP contribution < -0.4 is 0 Å². The zero-order valence-electron chi connectivity index (χ0n) is 13.1. The zero-order chi connectivity index (χ0) is 15.8. The molecule has 2 aliphatic rings. The summed E-state index contributed by atoms with van der Waals surface area (Å²) in [6, 6.07) is 3.55. The van der Waals surface area contributed by atoms with Gasteiger partial charge >= 0.3 is 0 Å². The van der Waals surface area contributed by atoms with Crippen LogP contribution in [-0.2, 0) is 11.3 Å². The Morgan fingerprint density at radius 2 is 2.00 bits per heavy atom. The molecule has 2 fully saturated rings. The minimum atomic E-state index is -0.252. The van der Waals surface area contributed by atoms with Crippen molar-refractivity contribution in [3.05, 3.63) is 36.0 Å². The molecule has 2 aromatic rings. The van der Waals surface area contributed by atoms with Crippen LogP contribution in [0.25, 0.3) is 5.65 Å². The fraction of sp³-hybridized carbons (Fsp3) is 0.529. The summed E-state index contributed by atoms with van der Waals surface area (Å²) in [6.07, 6.45) is 7.15. The van der Waals surface area contributed by atoms with E-state index >= 15 is 0 Å². The average molecular weight is 316 g/mol. The quantitative estimate of drug-likeness (QED) is 0.870. The smallest absolute Gasteiger partial charge is 0.222 e. The number of amides is 1. The molecule has 0 aliphatic carbocycles. The van der Waals surface area contributed by atoms with Gasteiger partial charge in [-0.25, -0.2) is 9.37 Å². The van der Waals surface area contributed by atoms with E-state index in [1.165, 1.54) is 12.3 Å². The van der Waals surface area contributed by atoms with E-state index in [1.807, 2.05) is 6.20 Å². The maximum Gasteiger partial charge on any atom is 0.222 e. The van der Waals surface area contributed by atoms with Gasteiger partial charge in [0.05, 0.1) is 5.69 Å². The third-order valence-corrected chi connectivity index (χ3v) is 4.96. The van der Waals surface area contributed by atoms with Gasteiger partial charge in [-0.1, -0.05) is 0 Å². The highest BCUT2D eigenvalue weighted by Gasteiger charge is 2.30. The van der Waals surface area contributed by atoms with Gasteiger partial charge in [-0.05, 0) is 31.4 Å². The highest BCUT2D eigenvalue weighted by molar-refractivity contribution is 5.78. The molecule has 5 nitrogen and oxygen atoms in total. The van der Waals surface area contributed by atoms with Gasteiger partial charge in [-0.15, -0.1) is 0 Å². The zero-order valence-corrected chi connectivity index (χ0v) is 13.1. The average Bonchev–Trinajstić information content (AvgIpc) is 3.13. The number of piperidine rings is 1. The second kappa shape index (κ2) is 5.92. The second-order valence-electron chi connectivity index (χ2n) is 6.54. The molecule has 4 rings (SSSR count). The Morgan fingerprint density at radius 3 is 2.74 bits per heavy atom. The maximum atomic E-state index is 13.2. The maximum absolute atomic E-state index is 13.2. The summed E-state index contributed by atoms with van der Waals surface area (Å²) in [7, 11) is 0. The van der Waals surface area contributed by atoms with Crippen LogP contribution in [0.15, 0.2) is 24.5 Å². The summed E-state index contributed by atoms with van der Waals surface area (Å²) in [6.45, 7) is 3.68. The summed E-state index contributed by atoms with van der Waals surface area (Å²) in [5.74, 6) is 0.0726. The summed E-state index contributed by atoms with van der Waals surface area (Å²) >= 11 is 0. The monoisotopic (exact) mass is 316 g/mol. The van der Waals surface area contributed by atoms with E-state index in [1.54, 1.807) is 10.5 Å². The van der Waals surface area contributed by atoms with E-state index in [2.05, 4.69) is 14.8 Å². The molecule has 0 radical (unpaired) electrons. The third-order valence-electron chi connectivity index (χ3n) is 4.96. The number of nitrogens with zero attached hydrogens (tertiary/aromatic N) is 4. The van der Waals surface area contributed by atoms with Crippen molar-refractivity contribution in [1.29, 1.82) is 0 Å². The molecule has 0 bridgehead atoms. The van der Waals surface area contributed by atoms with E-state index in [-0.39, 0.29) is 5.82 Å². The molecule has 0 N–H and O–H groups in total. The molecule has 0 spiro atoms. The van der Waals surface area contributed by atoms with E-state index < -0.39 is 0 Å². The molecule has 23 heavy (non-hydrogen) atoms. The molecular formula is C17H21FN4O. The first-order chi connectivity index (χ1) is 11.2. The molecule has 2 saturated heterocycles. The third kappa shape index (κ3) is 2.95. The SMILES string of the molecule is O=C1CCCN1C1CCN(Cc2cn3cc(F)ccc3n2)CC1. The van der Waals surface area contributed by atoms with Crippen LogP contribution in [0, 0.1) is 5.82 Å². The number of carbonyl (C=O) groups excluding carboxylic acids is 1. The Morgan fingerprint density at radius 1 is 1.17 bits per heavy atom. The van der Waals surface area contributed by atoms with Gasteiger partial charge in [0, 0.05) is 51.0 Å². The highest BCUT2D eigenvalue weighted by atomic mass is 19.1. The summed E-state index contributed by atoms with van der Waals surface area (Å²) in [4.78, 5) is 20.8. The van der Waals surface area contributed by atoms with Crippen LogP contribution >= 0.6 is 0 Å². The van der Waals surface area contributed by atoms with Gasteiger partial charge in [-0.2, -0.15) is 0 Å². The number of rotatable bonds is 3. The first kappa shape index (κ1) is 14.6. The Labute approximate surface area is 134 Å². The fourth-order valence-corrected chi connectivity index (χ4v) is 3.77. The van der Waals surface area contributed by atoms with Gasteiger partial charge < -0.3 is 9.30 Å². The van der Waals surface area contributed by atoms with Crippen molar-refractivity contribution in [3.63, 3.8) is 0 Å². The van der Waals surface area contributed by atoms with E-state index in [0.29, 0.717) is 11.9 Å². The molecule has 0 atom stereocenters. The number of hydrogen-bond acceptors (Lipinski definition) is 3. The van der Waals surface area contributed by atoms with Gasteiger partial charge in [0.2, 0.25) is 5.91 Å². The summed E-state index contributed by atoms with van der Waals surface area (Å²) in [5, 5.41) is 0. The minimum Gasteiger partial charge on any atom is -0.340 e. The lowest BCUT2D eigenvalue weighted by molar-refractivity contribution is -0.130. The van der Waals surface area contributed by atoms with Gasteiger partial charge in [0.15, 0.2) is 0 Å². The molecule has 2 aliphatic heterocycles. The molecule has 1 amide bonds. The van der Waals surface area contributed by atoms with Gasteiger partial charge in [-0.3, -0.25) is 9.69 Å². The normalized spacial score (nSPS) is 20.7. The van der Waals surface area contributed by atoms with Crippen LogP contribution in [0.2, 0.25) is 0 Å². The first-order valence-corrected chi connectivity index (χ1v) is 8.34. The topological polar surface area (TPSA) is 40.9 Å².